The fourth-order valence-electron chi connectivity index (χ4n) is 2.35. The van der Waals surface area contributed by atoms with Gasteiger partial charge in [0.05, 0.1) is 6.61 Å². The lowest BCUT2D eigenvalue weighted by atomic mass is 9.86. The van der Waals surface area contributed by atoms with Crippen molar-refractivity contribution < 1.29 is 4.74 Å². The molecule has 1 saturated heterocycles. The Hall–Kier alpha value is -0.120. The Balaban J connectivity index is 2.47. The number of rotatable bonds is 7. The molecule has 0 radical (unpaired) electrons. The van der Waals surface area contributed by atoms with Crippen molar-refractivity contribution in [2.24, 2.45) is 17.1 Å². The van der Waals surface area contributed by atoms with Gasteiger partial charge in [-0.1, -0.05) is 27.2 Å². The molecule has 1 rings (SSSR count). The van der Waals surface area contributed by atoms with E-state index in [0.29, 0.717) is 0 Å². The predicted molar refractivity (Wildman–Crippen MR) is 68.5 cm³/mol. The topological polar surface area (TPSA) is 38.5 Å². The summed E-state index contributed by atoms with van der Waals surface area (Å²) in [5.41, 5.74) is 6.15. The van der Waals surface area contributed by atoms with Gasteiger partial charge < -0.3 is 15.4 Å². The molecule has 1 fully saturated rings. The van der Waals surface area contributed by atoms with Crippen LogP contribution in [0.15, 0.2) is 0 Å². The highest BCUT2D eigenvalue weighted by Crippen LogP contribution is 2.28. The Morgan fingerprint density at radius 1 is 1.44 bits per heavy atom. The summed E-state index contributed by atoms with van der Waals surface area (Å²) in [5, 5.41) is 0. The maximum absolute atomic E-state index is 5.93. The summed E-state index contributed by atoms with van der Waals surface area (Å²) < 4.78 is 5.52. The predicted octanol–water partition coefficient (Wildman–Crippen LogP) is 1.72. The van der Waals surface area contributed by atoms with Crippen molar-refractivity contribution in [2.75, 3.05) is 39.4 Å². The summed E-state index contributed by atoms with van der Waals surface area (Å²) in [6, 6.07) is 0. The van der Waals surface area contributed by atoms with Crippen molar-refractivity contribution in [1.82, 2.24) is 4.90 Å². The smallest absolute Gasteiger partial charge is 0.0547 e. The van der Waals surface area contributed by atoms with Crippen LogP contribution in [0.3, 0.4) is 0 Å². The first-order valence-electron chi connectivity index (χ1n) is 6.66. The van der Waals surface area contributed by atoms with Gasteiger partial charge in [0.15, 0.2) is 0 Å². The van der Waals surface area contributed by atoms with E-state index >= 15 is 0 Å². The lowest BCUT2D eigenvalue weighted by Gasteiger charge is -2.34. The molecule has 2 N–H and O–H groups in total. The van der Waals surface area contributed by atoms with Gasteiger partial charge in [0.25, 0.3) is 0 Å². The number of nitrogens with two attached hydrogens (primary N) is 1. The molecule has 1 aliphatic rings. The van der Waals surface area contributed by atoms with Crippen molar-refractivity contribution in [3.8, 4) is 0 Å². The second kappa shape index (κ2) is 6.58. The zero-order valence-corrected chi connectivity index (χ0v) is 11.2. The molecule has 0 aromatic carbocycles. The van der Waals surface area contributed by atoms with Crippen LogP contribution < -0.4 is 5.73 Å². The molecule has 0 bridgehead atoms. The molecular formula is C13H28N2O. The molecule has 0 saturated carbocycles. The van der Waals surface area contributed by atoms with Crippen LogP contribution in [0.4, 0.5) is 0 Å². The molecule has 1 heterocycles. The van der Waals surface area contributed by atoms with E-state index in [1.165, 1.54) is 13.0 Å². The molecule has 96 valence electrons. The minimum atomic E-state index is 0.226. The normalized spacial score (nSPS) is 27.6. The quantitative estimate of drug-likeness (QED) is 0.721. The van der Waals surface area contributed by atoms with Crippen LogP contribution >= 0.6 is 0 Å². The van der Waals surface area contributed by atoms with Crippen molar-refractivity contribution in [1.29, 1.82) is 0 Å². The Morgan fingerprint density at radius 2 is 2.19 bits per heavy atom. The van der Waals surface area contributed by atoms with Gasteiger partial charge in [-0.05, 0) is 18.9 Å². The number of nitrogens with zero attached hydrogens (tertiary/aromatic N) is 1. The molecule has 0 aromatic rings. The van der Waals surface area contributed by atoms with Gasteiger partial charge >= 0.3 is 0 Å². The van der Waals surface area contributed by atoms with E-state index in [4.69, 9.17) is 10.5 Å². The molecule has 0 spiro atoms. The highest BCUT2D eigenvalue weighted by Gasteiger charge is 2.35. The molecule has 3 nitrogen and oxygen atoms in total. The average Bonchev–Trinajstić information content (AvgIpc) is 2.77. The molecule has 16 heavy (non-hydrogen) atoms. The highest BCUT2D eigenvalue weighted by molar-refractivity contribution is 4.87. The number of ether oxygens (including phenoxy) is 1. The zero-order chi connectivity index (χ0) is 12.0. The number of hydrogen-bond acceptors (Lipinski definition) is 3. The summed E-state index contributed by atoms with van der Waals surface area (Å²) in [5.74, 6) is 0.775. The van der Waals surface area contributed by atoms with Crippen LogP contribution in [-0.4, -0.2) is 44.3 Å². The molecule has 3 heteroatoms. The van der Waals surface area contributed by atoms with Crippen LogP contribution in [-0.2, 0) is 4.74 Å². The monoisotopic (exact) mass is 228 g/mol. The van der Waals surface area contributed by atoms with E-state index in [-0.39, 0.29) is 5.41 Å². The van der Waals surface area contributed by atoms with E-state index in [2.05, 4.69) is 25.7 Å². The first-order valence-corrected chi connectivity index (χ1v) is 6.66. The average molecular weight is 228 g/mol. The highest BCUT2D eigenvalue weighted by atomic mass is 16.5. The summed E-state index contributed by atoms with van der Waals surface area (Å²) in [4.78, 5) is 2.54. The first-order chi connectivity index (χ1) is 7.65. The lowest BCUT2D eigenvalue weighted by Crippen LogP contribution is -2.44. The first kappa shape index (κ1) is 13.9. The largest absolute Gasteiger partial charge is 0.381 e. The summed E-state index contributed by atoms with van der Waals surface area (Å²) >= 11 is 0. The standard InChI is InChI=1S/C13H28N2O/c1-4-12(3)8-15(5-2)10-13(9-14)6-7-16-11-13/h12H,4-11,14H2,1-3H3. The molecular weight excluding hydrogens is 200 g/mol. The van der Waals surface area contributed by atoms with Gasteiger partial charge in [0.1, 0.15) is 0 Å². The molecule has 0 amide bonds. The van der Waals surface area contributed by atoms with E-state index in [1.807, 2.05) is 0 Å². The second-order valence-electron chi connectivity index (χ2n) is 5.35. The summed E-state index contributed by atoms with van der Waals surface area (Å²) in [7, 11) is 0. The fraction of sp³-hybridized carbons (Fsp3) is 1.00. The van der Waals surface area contributed by atoms with Crippen LogP contribution in [0.1, 0.15) is 33.6 Å². The van der Waals surface area contributed by atoms with Crippen molar-refractivity contribution >= 4 is 0 Å². The third-order valence-corrected chi connectivity index (χ3v) is 3.89. The van der Waals surface area contributed by atoms with Crippen LogP contribution in [0, 0.1) is 11.3 Å². The fourth-order valence-corrected chi connectivity index (χ4v) is 2.35. The lowest BCUT2D eigenvalue weighted by molar-refractivity contribution is 0.109. The van der Waals surface area contributed by atoms with E-state index < -0.39 is 0 Å². The third-order valence-electron chi connectivity index (χ3n) is 3.89. The summed E-state index contributed by atoms with van der Waals surface area (Å²) in [6.45, 7) is 12.7. The van der Waals surface area contributed by atoms with Gasteiger partial charge in [0, 0.05) is 31.7 Å². The van der Waals surface area contributed by atoms with E-state index in [9.17, 15) is 0 Å². The Labute approximate surface area is 100 Å². The van der Waals surface area contributed by atoms with Gasteiger partial charge in [-0.2, -0.15) is 0 Å². The van der Waals surface area contributed by atoms with Crippen LogP contribution in [0.25, 0.3) is 0 Å². The molecule has 1 aliphatic heterocycles. The minimum Gasteiger partial charge on any atom is -0.381 e. The van der Waals surface area contributed by atoms with E-state index in [0.717, 1.165) is 45.2 Å². The van der Waals surface area contributed by atoms with Gasteiger partial charge in [-0.3, -0.25) is 0 Å². The summed E-state index contributed by atoms with van der Waals surface area (Å²) in [6.07, 6.45) is 2.38. The zero-order valence-electron chi connectivity index (χ0n) is 11.2. The Morgan fingerprint density at radius 3 is 2.62 bits per heavy atom. The maximum Gasteiger partial charge on any atom is 0.0547 e. The van der Waals surface area contributed by atoms with Crippen LogP contribution in [0.5, 0.6) is 0 Å². The van der Waals surface area contributed by atoms with Gasteiger partial charge in [-0.25, -0.2) is 0 Å². The Bertz CT molecular complexity index is 190. The minimum absolute atomic E-state index is 0.226. The molecule has 2 unspecified atom stereocenters. The van der Waals surface area contributed by atoms with Gasteiger partial charge in [0.2, 0.25) is 0 Å². The van der Waals surface area contributed by atoms with Crippen molar-refractivity contribution in [2.45, 2.75) is 33.6 Å². The molecule has 0 aromatic heterocycles. The molecule has 2 atom stereocenters. The second-order valence-corrected chi connectivity index (χ2v) is 5.35. The van der Waals surface area contributed by atoms with Gasteiger partial charge in [-0.15, -0.1) is 0 Å². The van der Waals surface area contributed by atoms with E-state index in [1.54, 1.807) is 0 Å². The van der Waals surface area contributed by atoms with Crippen molar-refractivity contribution in [3.05, 3.63) is 0 Å². The SMILES string of the molecule is CCC(C)CN(CC)CC1(CN)CCOC1. The third kappa shape index (κ3) is 3.72. The molecule has 0 aliphatic carbocycles. The number of hydrogen-bond donors (Lipinski definition) is 1. The van der Waals surface area contributed by atoms with Crippen molar-refractivity contribution in [3.63, 3.8) is 0 Å². The maximum atomic E-state index is 5.93. The Kier molecular flexibility index (Phi) is 5.73. The van der Waals surface area contributed by atoms with Crippen LogP contribution in [0.2, 0.25) is 0 Å².